The second kappa shape index (κ2) is 7.27. The van der Waals surface area contributed by atoms with E-state index < -0.39 is 10.0 Å². The van der Waals surface area contributed by atoms with Crippen LogP contribution in [0.4, 0.5) is 11.4 Å². The molecule has 2 aromatic rings. The van der Waals surface area contributed by atoms with Crippen LogP contribution in [0.2, 0.25) is 5.02 Å². The first-order chi connectivity index (χ1) is 14.3. The molecule has 0 unspecified atom stereocenters. The minimum atomic E-state index is -3.82. The van der Waals surface area contributed by atoms with Crippen LogP contribution < -0.4 is 10.0 Å². The molecule has 4 bridgehead atoms. The van der Waals surface area contributed by atoms with Crippen LogP contribution in [-0.4, -0.2) is 14.3 Å². The maximum atomic E-state index is 13.3. The van der Waals surface area contributed by atoms with Crippen LogP contribution in [0.15, 0.2) is 53.4 Å². The normalized spacial score (nSPS) is 29.6. The fourth-order valence-electron chi connectivity index (χ4n) is 6.14. The summed E-state index contributed by atoms with van der Waals surface area (Å²) in [6.45, 7) is 0. The molecule has 0 heterocycles. The second-order valence-corrected chi connectivity index (χ2v) is 11.4. The predicted molar refractivity (Wildman–Crippen MR) is 118 cm³/mol. The fourth-order valence-corrected chi connectivity index (χ4v) is 7.51. The third kappa shape index (κ3) is 3.60. The third-order valence-electron chi connectivity index (χ3n) is 7.04. The molecule has 0 radical (unpaired) electrons. The number of halogens is 1. The molecule has 4 saturated carbocycles. The summed E-state index contributed by atoms with van der Waals surface area (Å²) in [7, 11) is -3.82. The third-order valence-corrected chi connectivity index (χ3v) is 8.73. The summed E-state index contributed by atoms with van der Waals surface area (Å²) < 4.78 is 28.2. The molecule has 0 spiro atoms. The summed E-state index contributed by atoms with van der Waals surface area (Å²) in [4.78, 5) is 13.4. The lowest BCUT2D eigenvalue weighted by molar-refractivity contribution is -0.140. The highest BCUT2D eigenvalue weighted by Crippen LogP contribution is 2.60. The van der Waals surface area contributed by atoms with E-state index in [-0.39, 0.29) is 16.2 Å². The van der Waals surface area contributed by atoms with E-state index in [0.717, 1.165) is 19.3 Å². The Kier molecular flexibility index (Phi) is 4.82. The lowest BCUT2D eigenvalue weighted by Crippen LogP contribution is -2.51. The molecule has 0 aliphatic heterocycles. The summed E-state index contributed by atoms with van der Waals surface area (Å²) in [5, 5.41) is 3.36. The lowest BCUT2D eigenvalue weighted by Gasteiger charge is -2.55. The molecule has 0 atom stereocenters. The number of carbonyl (C=O) groups excluding carboxylic acids is 1. The van der Waals surface area contributed by atoms with Gasteiger partial charge in [-0.1, -0.05) is 29.8 Å². The molecule has 2 aromatic carbocycles. The Morgan fingerprint density at radius 2 is 1.57 bits per heavy atom. The molecule has 158 valence electrons. The van der Waals surface area contributed by atoms with Crippen molar-refractivity contribution >= 4 is 38.9 Å². The summed E-state index contributed by atoms with van der Waals surface area (Å²) >= 11 is 6.08. The van der Waals surface area contributed by atoms with Crippen molar-refractivity contribution < 1.29 is 13.2 Å². The molecule has 1 amide bonds. The molecular formula is C23H25ClN2O3S. The first-order valence-electron chi connectivity index (χ1n) is 10.5. The van der Waals surface area contributed by atoms with E-state index in [4.69, 9.17) is 11.6 Å². The van der Waals surface area contributed by atoms with Crippen LogP contribution in [0, 0.1) is 23.2 Å². The number of hydrogen-bond donors (Lipinski definition) is 2. The van der Waals surface area contributed by atoms with Crippen LogP contribution >= 0.6 is 11.6 Å². The van der Waals surface area contributed by atoms with Gasteiger partial charge in [0.05, 0.1) is 21.0 Å². The van der Waals surface area contributed by atoms with Gasteiger partial charge in [-0.2, -0.15) is 0 Å². The fraction of sp³-hybridized carbons (Fsp3) is 0.435. The molecule has 2 N–H and O–H groups in total. The average molecular weight is 445 g/mol. The topological polar surface area (TPSA) is 75.3 Å². The molecule has 30 heavy (non-hydrogen) atoms. The standard InChI is InChI=1S/C23H25ClN2O3S/c24-20-6-1-2-7-21(20)26-30(28,29)19-5-3-4-18(11-19)25-22(27)23-12-15-8-16(13-23)10-17(9-15)14-23/h1-7,11,15-17,26H,8-10,12-14H2,(H,25,27). The maximum Gasteiger partial charge on any atom is 0.262 e. The minimum absolute atomic E-state index is 0.0511. The van der Waals surface area contributed by atoms with Crippen molar-refractivity contribution in [3.8, 4) is 0 Å². The molecular weight excluding hydrogens is 420 g/mol. The van der Waals surface area contributed by atoms with Crippen molar-refractivity contribution in [1.82, 2.24) is 0 Å². The van der Waals surface area contributed by atoms with Gasteiger partial charge in [-0.25, -0.2) is 8.42 Å². The van der Waals surface area contributed by atoms with E-state index >= 15 is 0 Å². The van der Waals surface area contributed by atoms with Crippen LogP contribution in [0.5, 0.6) is 0 Å². The van der Waals surface area contributed by atoms with E-state index in [2.05, 4.69) is 10.0 Å². The number of sulfonamides is 1. The van der Waals surface area contributed by atoms with Crippen molar-refractivity contribution in [1.29, 1.82) is 0 Å². The van der Waals surface area contributed by atoms with E-state index in [9.17, 15) is 13.2 Å². The number of carbonyl (C=O) groups is 1. The number of anilines is 2. The van der Waals surface area contributed by atoms with Gasteiger partial charge in [0.1, 0.15) is 0 Å². The van der Waals surface area contributed by atoms with Crippen molar-refractivity contribution in [3.63, 3.8) is 0 Å². The first kappa shape index (κ1) is 19.9. The van der Waals surface area contributed by atoms with Gasteiger partial charge in [0, 0.05) is 5.69 Å². The summed E-state index contributed by atoms with van der Waals surface area (Å²) in [6, 6.07) is 13.1. The number of hydrogen-bond acceptors (Lipinski definition) is 3. The molecule has 0 saturated heterocycles. The van der Waals surface area contributed by atoms with Gasteiger partial charge < -0.3 is 5.32 Å². The molecule has 4 fully saturated rings. The predicted octanol–water partition coefficient (Wildman–Crippen LogP) is 5.30. The highest BCUT2D eigenvalue weighted by molar-refractivity contribution is 7.92. The zero-order valence-electron chi connectivity index (χ0n) is 16.6. The van der Waals surface area contributed by atoms with Gasteiger partial charge in [-0.3, -0.25) is 9.52 Å². The van der Waals surface area contributed by atoms with E-state index in [1.54, 1.807) is 36.4 Å². The van der Waals surface area contributed by atoms with Gasteiger partial charge in [0.2, 0.25) is 5.91 Å². The highest BCUT2D eigenvalue weighted by Gasteiger charge is 2.54. The number of nitrogens with one attached hydrogen (secondary N) is 2. The Morgan fingerprint density at radius 3 is 2.20 bits per heavy atom. The first-order valence-corrected chi connectivity index (χ1v) is 12.4. The van der Waals surface area contributed by atoms with Gasteiger partial charge in [0.15, 0.2) is 0 Å². The summed E-state index contributed by atoms with van der Waals surface area (Å²) in [5.74, 6) is 2.07. The number of amides is 1. The summed E-state index contributed by atoms with van der Waals surface area (Å²) in [6.07, 6.45) is 6.72. The molecule has 4 aliphatic carbocycles. The van der Waals surface area contributed by atoms with E-state index in [1.165, 1.54) is 31.4 Å². The van der Waals surface area contributed by atoms with Crippen molar-refractivity contribution in [2.75, 3.05) is 10.0 Å². The summed E-state index contributed by atoms with van der Waals surface area (Å²) in [5.41, 5.74) is 0.555. The molecule has 7 heteroatoms. The van der Waals surface area contributed by atoms with Gasteiger partial charge in [-0.15, -0.1) is 0 Å². The van der Waals surface area contributed by atoms with E-state index in [0.29, 0.717) is 34.2 Å². The Balaban J connectivity index is 1.35. The number of rotatable bonds is 5. The van der Waals surface area contributed by atoms with Crippen LogP contribution in [0.3, 0.4) is 0 Å². The number of para-hydroxylation sites is 1. The molecule has 4 aliphatic rings. The molecule has 5 nitrogen and oxygen atoms in total. The largest absolute Gasteiger partial charge is 0.326 e. The van der Waals surface area contributed by atoms with Gasteiger partial charge in [-0.05, 0) is 86.6 Å². The molecule has 0 aromatic heterocycles. The van der Waals surface area contributed by atoms with E-state index in [1.807, 2.05) is 0 Å². The smallest absolute Gasteiger partial charge is 0.262 e. The Bertz CT molecular complexity index is 1060. The number of benzene rings is 2. The van der Waals surface area contributed by atoms with Crippen LogP contribution in [-0.2, 0) is 14.8 Å². The minimum Gasteiger partial charge on any atom is -0.326 e. The Labute approximate surface area is 182 Å². The average Bonchev–Trinajstić information content (AvgIpc) is 2.69. The quantitative estimate of drug-likeness (QED) is 0.657. The highest BCUT2D eigenvalue weighted by atomic mass is 35.5. The van der Waals surface area contributed by atoms with Crippen LogP contribution in [0.1, 0.15) is 38.5 Å². The zero-order valence-corrected chi connectivity index (χ0v) is 18.2. The van der Waals surface area contributed by atoms with Gasteiger partial charge in [0.25, 0.3) is 10.0 Å². The molecule has 6 rings (SSSR count). The van der Waals surface area contributed by atoms with Gasteiger partial charge >= 0.3 is 0 Å². The van der Waals surface area contributed by atoms with Crippen molar-refractivity contribution in [2.45, 2.75) is 43.4 Å². The van der Waals surface area contributed by atoms with Crippen molar-refractivity contribution in [3.05, 3.63) is 53.6 Å². The lowest BCUT2D eigenvalue weighted by atomic mass is 9.49. The second-order valence-electron chi connectivity index (χ2n) is 9.27. The van der Waals surface area contributed by atoms with Crippen molar-refractivity contribution in [2.24, 2.45) is 23.2 Å². The Hall–Kier alpha value is -2.05. The van der Waals surface area contributed by atoms with Crippen LogP contribution in [0.25, 0.3) is 0 Å². The zero-order chi connectivity index (χ0) is 20.9. The Morgan fingerprint density at radius 1 is 0.933 bits per heavy atom. The SMILES string of the molecule is O=C(Nc1cccc(S(=O)(=O)Nc2ccccc2Cl)c1)C12CC3CC(CC(C3)C1)C2. The maximum absolute atomic E-state index is 13.3. The monoisotopic (exact) mass is 444 g/mol.